The van der Waals surface area contributed by atoms with E-state index in [1.807, 2.05) is 26.0 Å². The van der Waals surface area contributed by atoms with Crippen LogP contribution in [0.3, 0.4) is 0 Å². The fourth-order valence-electron chi connectivity index (χ4n) is 8.57. The van der Waals surface area contributed by atoms with E-state index in [9.17, 15) is 14.4 Å². The summed E-state index contributed by atoms with van der Waals surface area (Å²) in [7, 11) is 0. The number of cyclic esters (lactones) is 2. The van der Waals surface area contributed by atoms with E-state index in [2.05, 4.69) is 26.8 Å². The molecular weight excluding hydrogens is 480 g/mol. The highest BCUT2D eigenvalue weighted by molar-refractivity contribution is 5.88. The first kappa shape index (κ1) is 27.0. The first-order valence-electron chi connectivity index (χ1n) is 14.2. The van der Waals surface area contributed by atoms with Crippen LogP contribution in [0.1, 0.15) is 87.0 Å². The van der Waals surface area contributed by atoms with Gasteiger partial charge in [-0.25, -0.2) is 9.59 Å². The summed E-state index contributed by atoms with van der Waals surface area (Å²) < 4.78 is 17.9. The number of ether oxygens (including phenoxy) is 3. The number of carbonyl (C=O) groups is 3. The van der Waals surface area contributed by atoms with Gasteiger partial charge in [-0.15, -0.1) is 0 Å². The van der Waals surface area contributed by atoms with Crippen molar-refractivity contribution in [2.24, 2.45) is 28.6 Å². The highest BCUT2D eigenvalue weighted by Crippen LogP contribution is 2.69. The summed E-state index contributed by atoms with van der Waals surface area (Å²) in [4.78, 5) is 37.1. The van der Waals surface area contributed by atoms with E-state index in [0.717, 1.165) is 37.7 Å². The number of carbonyl (C=O) groups excluding carboxylic acids is 3. The van der Waals surface area contributed by atoms with Crippen LogP contribution in [-0.2, 0) is 28.6 Å². The fourth-order valence-corrected chi connectivity index (χ4v) is 8.57. The van der Waals surface area contributed by atoms with E-state index >= 15 is 0 Å². The normalized spacial score (nSPS) is 38.8. The summed E-state index contributed by atoms with van der Waals surface area (Å²) in [5.74, 6) is -0.349. The Kier molecular flexibility index (Phi) is 6.55. The van der Waals surface area contributed by atoms with Crippen LogP contribution in [0.4, 0.5) is 0 Å². The van der Waals surface area contributed by atoms with Gasteiger partial charge in [0.1, 0.15) is 17.8 Å². The smallest absolute Gasteiger partial charge is 0.333 e. The van der Waals surface area contributed by atoms with Crippen molar-refractivity contribution in [2.75, 3.05) is 0 Å². The first-order valence-corrected chi connectivity index (χ1v) is 14.2. The molecule has 1 saturated carbocycles. The molecule has 6 heteroatoms. The first-order chi connectivity index (χ1) is 17.8. The Morgan fingerprint density at radius 3 is 2.55 bits per heavy atom. The summed E-state index contributed by atoms with van der Waals surface area (Å²) >= 11 is 0. The Bertz CT molecular complexity index is 1180. The van der Waals surface area contributed by atoms with Gasteiger partial charge >= 0.3 is 17.9 Å². The molecule has 5 aliphatic rings. The SMILES string of the molecule is CC(=O)O[C@H]1CC2=C(CCC3C(=C2)C=CC(=O)OC3(C)C)[C@]2(C)CCC([C@H](C)C3CC=C(C)C(=O)O3)[C@@]12C. The molecule has 0 radical (unpaired) electrons. The second-order valence-corrected chi connectivity index (χ2v) is 13.1. The molecule has 0 aromatic carbocycles. The quantitative estimate of drug-likeness (QED) is 0.326. The molecule has 38 heavy (non-hydrogen) atoms. The van der Waals surface area contributed by atoms with Crippen LogP contribution >= 0.6 is 0 Å². The van der Waals surface area contributed by atoms with E-state index < -0.39 is 5.60 Å². The maximum absolute atomic E-state index is 12.4. The van der Waals surface area contributed by atoms with Crippen molar-refractivity contribution in [2.45, 2.75) is 105 Å². The van der Waals surface area contributed by atoms with Crippen molar-refractivity contribution in [3.63, 3.8) is 0 Å². The molecule has 0 spiro atoms. The van der Waals surface area contributed by atoms with E-state index in [1.54, 1.807) is 6.92 Å². The average Bonchev–Trinajstić information content (AvgIpc) is 2.93. The molecular formula is C32H42O6. The molecule has 2 heterocycles. The van der Waals surface area contributed by atoms with E-state index in [4.69, 9.17) is 14.2 Å². The van der Waals surface area contributed by atoms with Crippen LogP contribution < -0.4 is 0 Å². The third-order valence-electron chi connectivity index (χ3n) is 10.8. The van der Waals surface area contributed by atoms with Crippen LogP contribution in [-0.4, -0.2) is 35.7 Å². The van der Waals surface area contributed by atoms with Crippen molar-refractivity contribution in [1.82, 2.24) is 0 Å². The molecule has 3 unspecified atom stereocenters. The van der Waals surface area contributed by atoms with Gasteiger partial charge in [-0.05, 0) is 74.9 Å². The zero-order valence-corrected chi connectivity index (χ0v) is 23.9. The summed E-state index contributed by atoms with van der Waals surface area (Å²) in [5.41, 5.74) is 3.39. The molecule has 5 rings (SSSR count). The maximum Gasteiger partial charge on any atom is 0.333 e. The molecule has 2 aliphatic heterocycles. The van der Waals surface area contributed by atoms with Crippen LogP contribution in [0.25, 0.3) is 0 Å². The van der Waals surface area contributed by atoms with Gasteiger partial charge in [-0.1, -0.05) is 44.6 Å². The molecule has 0 amide bonds. The average molecular weight is 523 g/mol. The molecule has 3 aliphatic carbocycles. The number of hydrogen-bond acceptors (Lipinski definition) is 6. The summed E-state index contributed by atoms with van der Waals surface area (Å²) in [5, 5.41) is 0. The zero-order chi connectivity index (χ0) is 27.6. The molecule has 0 aromatic heterocycles. The second kappa shape index (κ2) is 9.24. The van der Waals surface area contributed by atoms with E-state index in [1.165, 1.54) is 24.1 Å². The lowest BCUT2D eigenvalue weighted by Crippen LogP contribution is -2.54. The van der Waals surface area contributed by atoms with Gasteiger partial charge < -0.3 is 14.2 Å². The van der Waals surface area contributed by atoms with Gasteiger partial charge in [0.25, 0.3) is 0 Å². The molecule has 0 saturated heterocycles. The molecule has 7 atom stereocenters. The van der Waals surface area contributed by atoms with Crippen molar-refractivity contribution in [3.8, 4) is 0 Å². The molecule has 0 N–H and O–H groups in total. The van der Waals surface area contributed by atoms with Gasteiger partial charge in [0.05, 0.1) is 0 Å². The van der Waals surface area contributed by atoms with Crippen LogP contribution in [0.2, 0.25) is 0 Å². The number of rotatable bonds is 3. The molecule has 0 aromatic rings. The predicted molar refractivity (Wildman–Crippen MR) is 144 cm³/mol. The number of esters is 3. The van der Waals surface area contributed by atoms with Crippen LogP contribution in [0, 0.1) is 28.6 Å². The van der Waals surface area contributed by atoms with Gasteiger partial charge in [-0.3, -0.25) is 4.79 Å². The standard InChI is InChI=1S/C32H42O6/c1-18-8-12-26(37-29(18)35)19(2)23-14-15-31(6)25-11-10-24-21(9-13-28(34)38-30(24,4)5)16-22(25)17-27(32(23,31)7)36-20(3)33/h8-9,13,16,19,23-24,26-27H,10-12,14-15,17H2,1-7H3/t19-,23?,24?,26?,27-,31-,32-/m0/s1. The molecule has 6 nitrogen and oxygen atoms in total. The summed E-state index contributed by atoms with van der Waals surface area (Å²) in [6.45, 7) is 14.2. The van der Waals surface area contributed by atoms with E-state index in [0.29, 0.717) is 12.0 Å². The van der Waals surface area contributed by atoms with Gasteiger partial charge in [-0.2, -0.15) is 0 Å². The van der Waals surface area contributed by atoms with Gasteiger partial charge in [0.15, 0.2) is 0 Å². The third kappa shape index (κ3) is 4.10. The summed E-state index contributed by atoms with van der Waals surface area (Å²) in [6.07, 6.45) is 12.4. The minimum atomic E-state index is -0.607. The van der Waals surface area contributed by atoms with Crippen molar-refractivity contribution >= 4 is 17.9 Å². The van der Waals surface area contributed by atoms with Crippen molar-refractivity contribution in [1.29, 1.82) is 0 Å². The Morgan fingerprint density at radius 1 is 1.13 bits per heavy atom. The van der Waals surface area contributed by atoms with Gasteiger partial charge in [0, 0.05) is 42.7 Å². The largest absolute Gasteiger partial charge is 0.462 e. The van der Waals surface area contributed by atoms with E-state index in [-0.39, 0.29) is 58.7 Å². The van der Waals surface area contributed by atoms with Crippen molar-refractivity contribution < 1.29 is 28.6 Å². The highest BCUT2D eigenvalue weighted by atomic mass is 16.6. The minimum Gasteiger partial charge on any atom is -0.462 e. The fraction of sp³-hybridized carbons (Fsp3) is 0.656. The summed E-state index contributed by atoms with van der Waals surface area (Å²) in [6, 6.07) is 0. The lowest BCUT2D eigenvalue weighted by Gasteiger charge is -2.55. The molecule has 206 valence electrons. The topological polar surface area (TPSA) is 78.9 Å². The molecule has 0 bridgehead atoms. The Balaban J connectivity index is 1.57. The Labute approximate surface area is 226 Å². The maximum atomic E-state index is 12.4. The predicted octanol–water partition coefficient (Wildman–Crippen LogP) is 6.17. The number of fused-ring (bicyclic) bond motifs is 3. The van der Waals surface area contributed by atoms with Crippen LogP contribution in [0.5, 0.6) is 0 Å². The Hall–Kier alpha value is -2.63. The monoisotopic (exact) mass is 522 g/mol. The Morgan fingerprint density at radius 2 is 1.87 bits per heavy atom. The van der Waals surface area contributed by atoms with Crippen LogP contribution in [0.15, 0.2) is 46.6 Å². The van der Waals surface area contributed by atoms with Gasteiger partial charge in [0.2, 0.25) is 0 Å². The lowest BCUT2D eigenvalue weighted by molar-refractivity contribution is -0.167. The highest BCUT2D eigenvalue weighted by Gasteiger charge is 2.65. The lowest BCUT2D eigenvalue weighted by atomic mass is 9.51. The zero-order valence-electron chi connectivity index (χ0n) is 23.9. The molecule has 1 fully saturated rings. The number of allylic oxidation sites excluding steroid dienone is 3. The number of hydrogen-bond donors (Lipinski definition) is 0. The third-order valence-corrected chi connectivity index (χ3v) is 10.8. The van der Waals surface area contributed by atoms with Crippen molar-refractivity contribution in [3.05, 3.63) is 46.6 Å². The minimum absolute atomic E-state index is 0.0885. The second-order valence-electron chi connectivity index (χ2n) is 13.1.